The van der Waals surface area contributed by atoms with Gasteiger partial charge in [0, 0.05) is 37.8 Å². The van der Waals surface area contributed by atoms with E-state index in [1.54, 1.807) is 13.0 Å². The van der Waals surface area contributed by atoms with E-state index in [0.717, 1.165) is 31.7 Å². The van der Waals surface area contributed by atoms with E-state index in [1.807, 2.05) is 0 Å². The number of hydrogen-bond acceptors (Lipinski definition) is 3. The number of alkyl halides is 3. The van der Waals surface area contributed by atoms with Gasteiger partial charge in [0.15, 0.2) is 0 Å². The minimum atomic E-state index is -4.30. The van der Waals surface area contributed by atoms with Gasteiger partial charge in [-0.1, -0.05) is 6.07 Å². The summed E-state index contributed by atoms with van der Waals surface area (Å²) in [6, 6.07) is 4.56. The number of rotatable bonds is 3. The average molecular weight is 326 g/mol. The van der Waals surface area contributed by atoms with Crippen LogP contribution in [0.2, 0.25) is 0 Å². The third kappa shape index (κ3) is 3.37. The number of anilines is 1. The van der Waals surface area contributed by atoms with Gasteiger partial charge in [-0.25, -0.2) is 0 Å². The van der Waals surface area contributed by atoms with E-state index in [4.69, 9.17) is 0 Å². The number of carbonyl (C=O) groups is 1. The van der Waals surface area contributed by atoms with Crippen LogP contribution < -0.4 is 4.90 Å². The van der Waals surface area contributed by atoms with Crippen LogP contribution in [0.15, 0.2) is 18.2 Å². The molecule has 2 aliphatic rings. The summed E-state index contributed by atoms with van der Waals surface area (Å²) in [5.41, 5.74) is 0.662. The minimum Gasteiger partial charge on any atom is -0.367 e. The summed E-state index contributed by atoms with van der Waals surface area (Å²) in [6.45, 7) is 4.66. The largest absolute Gasteiger partial charge is 0.416 e. The second-order valence-corrected chi connectivity index (χ2v) is 6.46. The Kier molecular flexibility index (Phi) is 4.36. The third-order valence-corrected chi connectivity index (χ3v) is 4.77. The second-order valence-electron chi connectivity index (χ2n) is 6.46. The van der Waals surface area contributed by atoms with Crippen molar-refractivity contribution < 1.29 is 18.0 Å². The highest BCUT2D eigenvalue weighted by atomic mass is 19.4. The standard InChI is InChI=1S/C17H21F3N2O/c1-12(23)6-9-21-7-3-8-22-13(11-21)10-14-15(17(18,19)20)4-2-5-16(14)22/h2,4-5,13H,3,6-11H2,1H3. The van der Waals surface area contributed by atoms with Gasteiger partial charge < -0.3 is 9.80 Å². The quantitative estimate of drug-likeness (QED) is 0.853. The molecule has 1 saturated heterocycles. The Morgan fingerprint density at radius 2 is 2.09 bits per heavy atom. The first-order valence-corrected chi connectivity index (χ1v) is 8.04. The number of hydrogen-bond donors (Lipinski definition) is 0. The molecule has 1 fully saturated rings. The second kappa shape index (κ2) is 6.15. The summed E-state index contributed by atoms with van der Waals surface area (Å²) in [7, 11) is 0. The van der Waals surface area contributed by atoms with Crippen LogP contribution in [-0.2, 0) is 17.4 Å². The number of carbonyl (C=O) groups excluding carboxylic acids is 1. The lowest BCUT2D eigenvalue weighted by Gasteiger charge is -2.27. The van der Waals surface area contributed by atoms with Crippen molar-refractivity contribution in [3.8, 4) is 0 Å². The zero-order chi connectivity index (χ0) is 16.6. The van der Waals surface area contributed by atoms with Crippen molar-refractivity contribution in [2.24, 2.45) is 0 Å². The summed E-state index contributed by atoms with van der Waals surface area (Å²) < 4.78 is 39.7. The Hall–Kier alpha value is -1.56. The van der Waals surface area contributed by atoms with Crippen LogP contribution >= 0.6 is 0 Å². The van der Waals surface area contributed by atoms with E-state index in [2.05, 4.69) is 9.80 Å². The van der Waals surface area contributed by atoms with Crippen molar-refractivity contribution in [1.29, 1.82) is 0 Å². The van der Waals surface area contributed by atoms with Gasteiger partial charge in [-0.15, -0.1) is 0 Å². The van der Waals surface area contributed by atoms with Gasteiger partial charge in [-0.05, 0) is 44.0 Å². The van der Waals surface area contributed by atoms with E-state index in [1.165, 1.54) is 12.1 Å². The zero-order valence-corrected chi connectivity index (χ0v) is 13.2. The van der Waals surface area contributed by atoms with Crippen LogP contribution in [-0.4, -0.2) is 42.9 Å². The fraction of sp³-hybridized carbons (Fsp3) is 0.588. The summed E-state index contributed by atoms with van der Waals surface area (Å²) in [5, 5.41) is 0. The monoisotopic (exact) mass is 326 g/mol. The summed E-state index contributed by atoms with van der Waals surface area (Å²) in [4.78, 5) is 15.5. The molecule has 6 heteroatoms. The van der Waals surface area contributed by atoms with Crippen molar-refractivity contribution in [2.45, 2.75) is 38.4 Å². The third-order valence-electron chi connectivity index (χ3n) is 4.77. The number of Topliss-reactive ketones (excluding diaryl/α,β-unsaturated/α-hetero) is 1. The SMILES string of the molecule is CC(=O)CCN1CCCN2c3cccc(C(F)(F)F)c3CC2C1. The smallest absolute Gasteiger partial charge is 0.367 e. The van der Waals surface area contributed by atoms with Crippen LogP contribution in [0.3, 0.4) is 0 Å². The lowest BCUT2D eigenvalue weighted by Crippen LogP contribution is -2.39. The number of benzene rings is 1. The summed E-state index contributed by atoms with van der Waals surface area (Å²) >= 11 is 0. The molecule has 0 aromatic heterocycles. The maximum atomic E-state index is 13.2. The zero-order valence-electron chi connectivity index (χ0n) is 13.2. The van der Waals surface area contributed by atoms with Crippen molar-refractivity contribution in [3.05, 3.63) is 29.3 Å². The van der Waals surface area contributed by atoms with Crippen molar-refractivity contribution in [3.63, 3.8) is 0 Å². The Morgan fingerprint density at radius 1 is 1.30 bits per heavy atom. The summed E-state index contributed by atoms with van der Waals surface area (Å²) in [6.07, 6.45) is -2.45. The fourth-order valence-corrected chi connectivity index (χ4v) is 3.71. The van der Waals surface area contributed by atoms with Gasteiger partial charge in [0.1, 0.15) is 5.78 Å². The Morgan fingerprint density at radius 3 is 2.78 bits per heavy atom. The molecule has 0 radical (unpaired) electrons. The summed E-state index contributed by atoms with van der Waals surface area (Å²) in [5.74, 6) is 0.153. The molecule has 1 atom stereocenters. The number of ketones is 1. The van der Waals surface area contributed by atoms with E-state index >= 15 is 0 Å². The lowest BCUT2D eigenvalue weighted by molar-refractivity contribution is -0.138. The van der Waals surface area contributed by atoms with Gasteiger partial charge in [-0.3, -0.25) is 4.79 Å². The highest BCUT2D eigenvalue weighted by Gasteiger charge is 2.40. The molecular weight excluding hydrogens is 305 g/mol. The number of nitrogens with zero attached hydrogens (tertiary/aromatic N) is 2. The highest BCUT2D eigenvalue weighted by Crippen LogP contribution is 2.42. The molecule has 0 aliphatic carbocycles. The van der Waals surface area contributed by atoms with Crippen LogP contribution in [0.4, 0.5) is 18.9 Å². The molecule has 23 heavy (non-hydrogen) atoms. The van der Waals surface area contributed by atoms with Gasteiger partial charge >= 0.3 is 6.18 Å². The highest BCUT2D eigenvalue weighted by molar-refractivity contribution is 5.75. The predicted octanol–water partition coefficient (Wildman–Crippen LogP) is 3.12. The molecule has 2 heterocycles. The van der Waals surface area contributed by atoms with E-state index in [-0.39, 0.29) is 11.8 Å². The maximum absolute atomic E-state index is 13.2. The van der Waals surface area contributed by atoms with Gasteiger partial charge in [0.25, 0.3) is 0 Å². The Bertz CT molecular complexity index is 600. The van der Waals surface area contributed by atoms with Crippen molar-refractivity contribution in [2.75, 3.05) is 31.1 Å². The van der Waals surface area contributed by atoms with E-state index in [9.17, 15) is 18.0 Å². The van der Waals surface area contributed by atoms with Gasteiger partial charge in [-0.2, -0.15) is 13.2 Å². The maximum Gasteiger partial charge on any atom is 0.416 e. The van der Waals surface area contributed by atoms with Gasteiger partial charge in [0.2, 0.25) is 0 Å². The molecule has 2 aliphatic heterocycles. The molecule has 0 bridgehead atoms. The topological polar surface area (TPSA) is 23.6 Å². The first kappa shape index (κ1) is 16.3. The fourth-order valence-electron chi connectivity index (χ4n) is 3.71. The van der Waals surface area contributed by atoms with Crippen LogP contribution in [0, 0.1) is 0 Å². The average Bonchev–Trinajstić information content (AvgIpc) is 2.68. The van der Waals surface area contributed by atoms with E-state index < -0.39 is 11.7 Å². The van der Waals surface area contributed by atoms with Crippen LogP contribution in [0.1, 0.15) is 30.9 Å². The molecule has 0 N–H and O–H groups in total. The molecule has 3 nitrogen and oxygen atoms in total. The first-order valence-electron chi connectivity index (χ1n) is 8.04. The Labute approximate surface area is 134 Å². The molecule has 1 aromatic carbocycles. The van der Waals surface area contributed by atoms with Crippen LogP contribution in [0.5, 0.6) is 0 Å². The molecule has 0 amide bonds. The van der Waals surface area contributed by atoms with Crippen molar-refractivity contribution in [1.82, 2.24) is 4.90 Å². The Balaban J connectivity index is 1.81. The molecule has 0 spiro atoms. The molecule has 126 valence electrons. The number of fused-ring (bicyclic) bond motifs is 3. The van der Waals surface area contributed by atoms with Crippen LogP contribution in [0.25, 0.3) is 0 Å². The normalized spacial score (nSPS) is 21.7. The van der Waals surface area contributed by atoms with Gasteiger partial charge in [0.05, 0.1) is 5.56 Å². The molecule has 1 aromatic rings. The predicted molar refractivity (Wildman–Crippen MR) is 82.6 cm³/mol. The molecule has 3 rings (SSSR count). The molecular formula is C17H21F3N2O. The molecule has 0 saturated carbocycles. The lowest BCUT2D eigenvalue weighted by atomic mass is 10.0. The first-order chi connectivity index (χ1) is 10.9. The minimum absolute atomic E-state index is 0.0722. The van der Waals surface area contributed by atoms with Crippen molar-refractivity contribution >= 4 is 11.5 Å². The van der Waals surface area contributed by atoms with E-state index in [0.29, 0.717) is 24.9 Å². The number of halogens is 3. The molecule has 1 unspecified atom stereocenters.